The van der Waals surface area contributed by atoms with Gasteiger partial charge in [0.05, 0.1) is 33.8 Å². The molecule has 0 rings (SSSR count). The van der Waals surface area contributed by atoms with Crippen molar-refractivity contribution in [3.8, 4) is 0 Å². The minimum absolute atomic E-state index is 0.0251. The van der Waals surface area contributed by atoms with Gasteiger partial charge in [0.1, 0.15) is 19.3 Å². The normalized spacial score (nSPS) is 14.3. The minimum atomic E-state index is -4.47. The van der Waals surface area contributed by atoms with E-state index < -0.39 is 20.0 Å². The number of phosphoric ester groups is 1. The molecule has 9 nitrogen and oxygen atoms in total. The van der Waals surface area contributed by atoms with E-state index in [1.54, 1.807) is 0 Å². The topological polar surface area (TPSA) is 111 Å². The summed E-state index contributed by atoms with van der Waals surface area (Å²) in [4.78, 5) is 37.7. The van der Waals surface area contributed by atoms with E-state index in [2.05, 4.69) is 123 Å². The zero-order chi connectivity index (χ0) is 59.3. The van der Waals surface area contributed by atoms with Crippen molar-refractivity contribution < 1.29 is 37.3 Å². The second kappa shape index (κ2) is 59.8. The molecule has 0 aromatic carbocycles. The molecular weight excluding hydrogens is 1020 g/mol. The fraction of sp³-hybridized carbons (Fsp3) is 0.718. The summed E-state index contributed by atoms with van der Waals surface area (Å²) in [6.45, 7) is 6.82. The molecule has 0 saturated carbocycles. The fourth-order valence-corrected chi connectivity index (χ4v) is 9.84. The number of amides is 1. The van der Waals surface area contributed by atoms with Crippen LogP contribution in [-0.2, 0) is 27.9 Å². The summed E-state index contributed by atoms with van der Waals surface area (Å²) in [7, 11) is 1.45. The lowest BCUT2D eigenvalue weighted by Crippen LogP contribution is -2.47. The van der Waals surface area contributed by atoms with Crippen LogP contribution in [0.2, 0.25) is 0 Å². The molecule has 81 heavy (non-hydrogen) atoms. The van der Waals surface area contributed by atoms with Crippen LogP contribution in [0.15, 0.2) is 109 Å². The number of ether oxygens (including phenoxy) is 1. The molecule has 2 N–H and O–H groups in total. The van der Waals surface area contributed by atoms with Crippen LogP contribution in [0.4, 0.5) is 0 Å². The first-order valence-corrected chi connectivity index (χ1v) is 34.7. The SMILES string of the molecule is CC/C=C\C/C=C\C/C=C\C/C=C\C/C=C\CCCC(=O)NC(COP(=O)(O)OCC[N+](C)(C)C)C(/C=C\CCCCCCCCCCC)OC(=O)CCCCCCCCCCCCCCCC/C=C\C/C=C\C/C=C\CCCCC. The second-order valence-corrected chi connectivity index (χ2v) is 24.7. The summed E-state index contributed by atoms with van der Waals surface area (Å²) >= 11 is 0. The lowest BCUT2D eigenvalue weighted by molar-refractivity contribution is -0.870. The Balaban J connectivity index is 5.10. The summed E-state index contributed by atoms with van der Waals surface area (Å²) in [6.07, 6.45) is 82.6. The van der Waals surface area contributed by atoms with Gasteiger partial charge in [0.25, 0.3) is 0 Å². The summed E-state index contributed by atoms with van der Waals surface area (Å²) in [5.41, 5.74) is 0. The van der Waals surface area contributed by atoms with Crippen molar-refractivity contribution >= 4 is 19.7 Å². The average Bonchev–Trinajstić information content (AvgIpc) is 3.44. The number of rotatable bonds is 59. The van der Waals surface area contributed by atoms with Gasteiger partial charge in [0.2, 0.25) is 5.91 Å². The second-order valence-electron chi connectivity index (χ2n) is 23.3. The molecular formula is C71H126N2O7P+. The van der Waals surface area contributed by atoms with Crippen molar-refractivity contribution in [1.29, 1.82) is 0 Å². The van der Waals surface area contributed by atoms with Crippen LogP contribution in [0, 0.1) is 0 Å². The number of hydrogen-bond acceptors (Lipinski definition) is 6. The van der Waals surface area contributed by atoms with Gasteiger partial charge in [0.15, 0.2) is 0 Å². The van der Waals surface area contributed by atoms with Gasteiger partial charge >= 0.3 is 13.8 Å². The van der Waals surface area contributed by atoms with Crippen LogP contribution in [0.25, 0.3) is 0 Å². The monoisotopic (exact) mass is 1150 g/mol. The molecule has 0 bridgehead atoms. The van der Waals surface area contributed by atoms with E-state index in [9.17, 15) is 19.0 Å². The quantitative estimate of drug-likeness (QED) is 0.0205. The van der Waals surface area contributed by atoms with Gasteiger partial charge in [0, 0.05) is 12.8 Å². The number of carbonyl (C=O) groups is 2. The van der Waals surface area contributed by atoms with E-state index in [1.807, 2.05) is 33.3 Å². The molecule has 0 fully saturated rings. The third-order valence-corrected chi connectivity index (χ3v) is 15.2. The Labute approximate surface area is 500 Å². The van der Waals surface area contributed by atoms with Gasteiger partial charge in [-0.25, -0.2) is 4.57 Å². The number of quaternary nitrogens is 1. The Hall–Kier alpha value is -3.33. The Bertz CT molecular complexity index is 1750. The molecule has 466 valence electrons. The van der Waals surface area contributed by atoms with Gasteiger partial charge in [-0.3, -0.25) is 18.6 Å². The summed E-state index contributed by atoms with van der Waals surface area (Å²) in [6, 6.07) is -0.884. The zero-order valence-corrected chi connectivity index (χ0v) is 54.1. The van der Waals surface area contributed by atoms with Crippen LogP contribution < -0.4 is 5.32 Å². The number of carbonyl (C=O) groups excluding carboxylic acids is 2. The first-order chi connectivity index (χ1) is 39.4. The molecule has 0 saturated heterocycles. The molecule has 1 amide bonds. The maximum atomic E-state index is 13.5. The lowest BCUT2D eigenvalue weighted by atomic mass is 10.0. The van der Waals surface area contributed by atoms with Gasteiger partial charge in [-0.15, -0.1) is 0 Å². The van der Waals surface area contributed by atoms with Crippen molar-refractivity contribution in [3.63, 3.8) is 0 Å². The Kier molecular flexibility index (Phi) is 57.4. The number of hydrogen-bond donors (Lipinski definition) is 2. The minimum Gasteiger partial charge on any atom is -0.456 e. The highest BCUT2D eigenvalue weighted by atomic mass is 31.2. The Morgan fingerprint density at radius 1 is 0.444 bits per heavy atom. The zero-order valence-electron chi connectivity index (χ0n) is 53.2. The van der Waals surface area contributed by atoms with Crippen LogP contribution >= 0.6 is 7.82 Å². The summed E-state index contributed by atoms with van der Waals surface area (Å²) in [5.74, 6) is -0.576. The molecule has 0 aliphatic rings. The van der Waals surface area contributed by atoms with Gasteiger partial charge in [-0.2, -0.15) is 0 Å². The Morgan fingerprint density at radius 2 is 0.802 bits per heavy atom. The van der Waals surface area contributed by atoms with Crippen molar-refractivity contribution in [2.24, 2.45) is 0 Å². The van der Waals surface area contributed by atoms with Crippen LogP contribution in [0.1, 0.15) is 278 Å². The third-order valence-electron chi connectivity index (χ3n) is 14.2. The maximum absolute atomic E-state index is 13.5. The van der Waals surface area contributed by atoms with Crippen LogP contribution in [-0.4, -0.2) is 74.3 Å². The van der Waals surface area contributed by atoms with Crippen molar-refractivity contribution in [1.82, 2.24) is 5.32 Å². The van der Waals surface area contributed by atoms with E-state index in [1.165, 1.54) is 148 Å². The molecule has 3 atom stereocenters. The average molecular weight is 1150 g/mol. The highest BCUT2D eigenvalue weighted by Gasteiger charge is 2.30. The highest BCUT2D eigenvalue weighted by Crippen LogP contribution is 2.43. The Morgan fingerprint density at radius 3 is 1.23 bits per heavy atom. The molecule has 0 aliphatic heterocycles. The van der Waals surface area contributed by atoms with E-state index >= 15 is 0 Å². The molecule has 0 spiro atoms. The number of nitrogens with zero attached hydrogens (tertiary/aromatic N) is 1. The van der Waals surface area contributed by atoms with E-state index in [4.69, 9.17) is 13.8 Å². The van der Waals surface area contributed by atoms with Crippen molar-refractivity contribution in [2.45, 2.75) is 290 Å². The third kappa shape index (κ3) is 61.1. The fourth-order valence-electron chi connectivity index (χ4n) is 9.10. The predicted molar refractivity (Wildman–Crippen MR) is 350 cm³/mol. The maximum Gasteiger partial charge on any atom is 0.472 e. The summed E-state index contributed by atoms with van der Waals surface area (Å²) < 4.78 is 30.7. The molecule has 0 heterocycles. The first kappa shape index (κ1) is 77.7. The van der Waals surface area contributed by atoms with Crippen molar-refractivity contribution in [3.05, 3.63) is 109 Å². The smallest absolute Gasteiger partial charge is 0.456 e. The highest BCUT2D eigenvalue weighted by molar-refractivity contribution is 7.47. The van der Waals surface area contributed by atoms with Crippen LogP contribution in [0.3, 0.4) is 0 Å². The van der Waals surface area contributed by atoms with E-state index in [-0.39, 0.29) is 37.9 Å². The number of unbranched alkanes of at least 4 members (excludes halogenated alkanes) is 27. The van der Waals surface area contributed by atoms with Gasteiger partial charge in [-0.05, 0) is 109 Å². The number of esters is 1. The molecule has 3 unspecified atom stereocenters. The summed E-state index contributed by atoms with van der Waals surface area (Å²) in [5, 5.41) is 3.02. The van der Waals surface area contributed by atoms with E-state index in [0.717, 1.165) is 89.9 Å². The predicted octanol–water partition coefficient (Wildman–Crippen LogP) is 20.9. The number of likely N-dealkylation sites (N-methyl/N-ethyl adjacent to an activating group) is 1. The number of nitrogens with one attached hydrogen (secondary N) is 1. The largest absolute Gasteiger partial charge is 0.472 e. The molecule has 0 aromatic heterocycles. The number of allylic oxidation sites excluding steroid dienone is 17. The van der Waals surface area contributed by atoms with Crippen molar-refractivity contribution in [2.75, 3.05) is 40.9 Å². The molecule has 0 aliphatic carbocycles. The van der Waals surface area contributed by atoms with Gasteiger partial charge in [-0.1, -0.05) is 265 Å². The molecule has 0 radical (unpaired) electrons. The van der Waals surface area contributed by atoms with E-state index in [0.29, 0.717) is 17.4 Å². The lowest BCUT2D eigenvalue weighted by Gasteiger charge is -2.27. The molecule has 10 heteroatoms. The van der Waals surface area contributed by atoms with Crippen LogP contribution in [0.5, 0.6) is 0 Å². The molecule has 0 aromatic rings. The first-order valence-electron chi connectivity index (χ1n) is 33.2. The number of phosphoric acid groups is 1. The standard InChI is InChI=1S/C71H125N2O7P/c1-7-10-13-16-19-22-25-27-29-31-32-33-34-35-36-37-38-39-40-42-44-46-49-52-55-58-61-64-71(75)80-69(62-59-56-53-50-47-24-21-18-15-12-9-3)68(67-79-81(76,77)78-66-65-73(4,5)6)72-70(74)63-60-57-54-51-48-45-43-41-30-28-26-23-20-17-14-11-8-2/h11,14,19-20,22-23,27-30,32-33,43,45,51,54,59,62,68-69H,7-10,12-13,15-18,21,24-26,31,34-42,44,46-50,52-53,55-58,60-61,63-67H2,1-6H3,(H-,72,74,76,77)/p+1/b14-11-,22-19-,23-20-,29-27-,30-28-,33-32-,45-43-,54-51-,62-59-. The van der Waals surface area contributed by atoms with Gasteiger partial charge < -0.3 is 19.4 Å².